The molecular weight excluding hydrogens is 216 g/mol. The number of carboxylic acids is 1. The Balaban J connectivity index is 2.01. The van der Waals surface area contributed by atoms with Gasteiger partial charge in [-0.2, -0.15) is 0 Å². The maximum Gasteiger partial charge on any atom is 0.325 e. The number of hydrogen-bond donors (Lipinski definition) is 2. The molecule has 1 heterocycles. The molecule has 0 amide bonds. The minimum atomic E-state index is -1.07. The lowest BCUT2D eigenvalue weighted by Gasteiger charge is -2.20. The quantitative estimate of drug-likeness (QED) is 0.818. The van der Waals surface area contributed by atoms with E-state index in [1.807, 2.05) is 6.07 Å². The zero-order chi connectivity index (χ0) is 12.5. The molecule has 4 heteroatoms. The number of carbonyl (C=O) groups is 1. The van der Waals surface area contributed by atoms with Gasteiger partial charge in [-0.15, -0.1) is 0 Å². The van der Waals surface area contributed by atoms with E-state index in [9.17, 15) is 4.79 Å². The maximum atomic E-state index is 11.0. The molecule has 0 spiro atoms. The van der Waals surface area contributed by atoms with Gasteiger partial charge in [-0.3, -0.25) is 9.69 Å². The summed E-state index contributed by atoms with van der Waals surface area (Å²) in [6.45, 7) is 4.00. The molecule has 1 saturated heterocycles. The summed E-state index contributed by atoms with van der Waals surface area (Å²) in [6.07, 6.45) is 0.522. The van der Waals surface area contributed by atoms with Crippen LogP contribution >= 0.6 is 0 Å². The number of likely N-dealkylation sites (tertiary alicyclic amines) is 1. The summed E-state index contributed by atoms with van der Waals surface area (Å²) in [5.74, 6) is -0.899. The second-order valence-corrected chi connectivity index (χ2v) is 4.91. The maximum absolute atomic E-state index is 11.0. The fourth-order valence-electron chi connectivity index (χ4n) is 2.29. The van der Waals surface area contributed by atoms with E-state index in [-0.39, 0.29) is 0 Å². The minimum Gasteiger partial charge on any atom is -0.480 e. The zero-order valence-corrected chi connectivity index (χ0v) is 10.0. The second kappa shape index (κ2) is 4.47. The van der Waals surface area contributed by atoms with E-state index in [0.29, 0.717) is 13.0 Å². The second-order valence-electron chi connectivity index (χ2n) is 4.91. The van der Waals surface area contributed by atoms with Crippen LogP contribution in [0.15, 0.2) is 24.3 Å². The normalized spacial score (nSPS) is 25.1. The van der Waals surface area contributed by atoms with E-state index in [1.54, 1.807) is 0 Å². The van der Waals surface area contributed by atoms with E-state index >= 15 is 0 Å². The van der Waals surface area contributed by atoms with Gasteiger partial charge in [0.15, 0.2) is 0 Å². The third-order valence-electron chi connectivity index (χ3n) is 3.29. The van der Waals surface area contributed by atoms with Crippen molar-refractivity contribution in [2.75, 3.05) is 13.1 Å². The topological polar surface area (TPSA) is 66.6 Å². The van der Waals surface area contributed by atoms with Gasteiger partial charge in [0.1, 0.15) is 5.54 Å². The lowest BCUT2D eigenvalue weighted by molar-refractivity contribution is -0.142. The molecule has 0 aliphatic carbocycles. The minimum absolute atomic E-state index is 0.427. The molecule has 92 valence electrons. The highest BCUT2D eigenvalue weighted by atomic mass is 16.4. The summed E-state index contributed by atoms with van der Waals surface area (Å²) in [7, 11) is 0. The fraction of sp³-hybridized carbons (Fsp3) is 0.462. The Labute approximate surface area is 101 Å². The summed E-state index contributed by atoms with van der Waals surface area (Å²) in [6, 6.07) is 8.26. The molecule has 0 saturated carbocycles. The summed E-state index contributed by atoms with van der Waals surface area (Å²) < 4.78 is 0. The summed E-state index contributed by atoms with van der Waals surface area (Å²) >= 11 is 0. The molecule has 0 radical (unpaired) electrons. The standard InChI is InChI=1S/C13H18N2O2/c1-10-3-2-4-11(7-10)8-15-6-5-13(14,9-15)12(16)17/h2-4,7H,5-6,8-9,14H2,1H3,(H,16,17). The number of aliphatic carboxylic acids is 1. The van der Waals surface area contributed by atoms with Crippen molar-refractivity contribution in [1.82, 2.24) is 4.90 Å². The van der Waals surface area contributed by atoms with E-state index < -0.39 is 11.5 Å². The number of benzene rings is 1. The average molecular weight is 234 g/mol. The molecule has 0 bridgehead atoms. The van der Waals surface area contributed by atoms with Gasteiger partial charge in [0, 0.05) is 19.6 Å². The lowest BCUT2D eigenvalue weighted by Crippen LogP contribution is -2.50. The Bertz CT molecular complexity index is 433. The monoisotopic (exact) mass is 234 g/mol. The van der Waals surface area contributed by atoms with Gasteiger partial charge in [0.25, 0.3) is 0 Å². The summed E-state index contributed by atoms with van der Waals surface area (Å²) in [5.41, 5.74) is 7.20. The number of carboxylic acid groups (broad SMARTS) is 1. The third-order valence-corrected chi connectivity index (χ3v) is 3.29. The van der Waals surface area contributed by atoms with Gasteiger partial charge in [-0.05, 0) is 18.9 Å². The van der Waals surface area contributed by atoms with E-state index in [0.717, 1.165) is 13.1 Å². The van der Waals surface area contributed by atoms with Crippen LogP contribution in [0.1, 0.15) is 17.5 Å². The smallest absolute Gasteiger partial charge is 0.325 e. The van der Waals surface area contributed by atoms with Gasteiger partial charge in [-0.1, -0.05) is 29.8 Å². The number of aryl methyl sites for hydroxylation is 1. The first-order valence-electron chi connectivity index (χ1n) is 5.80. The number of nitrogens with zero attached hydrogens (tertiary/aromatic N) is 1. The molecule has 1 unspecified atom stereocenters. The molecule has 1 fully saturated rings. The Morgan fingerprint density at radius 1 is 1.59 bits per heavy atom. The van der Waals surface area contributed by atoms with Gasteiger partial charge in [0.2, 0.25) is 0 Å². The van der Waals surface area contributed by atoms with Crippen LogP contribution in [0.3, 0.4) is 0 Å². The highest BCUT2D eigenvalue weighted by Gasteiger charge is 2.40. The molecule has 4 nitrogen and oxygen atoms in total. The molecule has 0 aromatic heterocycles. The molecule has 1 aromatic rings. The highest BCUT2D eigenvalue weighted by molar-refractivity contribution is 5.79. The molecule has 2 rings (SSSR count). The van der Waals surface area contributed by atoms with E-state index in [4.69, 9.17) is 10.8 Å². The summed E-state index contributed by atoms with van der Waals surface area (Å²) in [5, 5.41) is 9.05. The molecular formula is C13H18N2O2. The van der Waals surface area contributed by atoms with Crippen LogP contribution in [0.25, 0.3) is 0 Å². The highest BCUT2D eigenvalue weighted by Crippen LogP contribution is 2.21. The predicted molar refractivity (Wildman–Crippen MR) is 65.6 cm³/mol. The van der Waals surface area contributed by atoms with Crippen LogP contribution in [0.2, 0.25) is 0 Å². The molecule has 1 aliphatic heterocycles. The Kier molecular flexibility index (Phi) is 3.17. The van der Waals surface area contributed by atoms with Gasteiger partial charge in [0.05, 0.1) is 0 Å². The van der Waals surface area contributed by atoms with Gasteiger partial charge >= 0.3 is 5.97 Å². The Morgan fingerprint density at radius 2 is 2.35 bits per heavy atom. The first-order chi connectivity index (χ1) is 7.99. The van der Waals surface area contributed by atoms with Crippen LogP contribution in [-0.2, 0) is 11.3 Å². The Hall–Kier alpha value is -1.39. The third kappa shape index (κ3) is 2.65. The van der Waals surface area contributed by atoms with Gasteiger partial charge in [-0.25, -0.2) is 0 Å². The van der Waals surface area contributed by atoms with Gasteiger partial charge < -0.3 is 10.8 Å². The number of hydrogen-bond acceptors (Lipinski definition) is 3. The molecule has 1 atom stereocenters. The van der Waals surface area contributed by atoms with Crippen molar-refractivity contribution < 1.29 is 9.90 Å². The van der Waals surface area contributed by atoms with Crippen molar-refractivity contribution in [3.63, 3.8) is 0 Å². The largest absolute Gasteiger partial charge is 0.480 e. The average Bonchev–Trinajstić information content (AvgIpc) is 2.61. The van der Waals surface area contributed by atoms with Crippen LogP contribution in [-0.4, -0.2) is 34.6 Å². The predicted octanol–water partition coefficient (Wildman–Crippen LogP) is 0.983. The van der Waals surface area contributed by atoms with E-state index in [2.05, 4.69) is 30.0 Å². The van der Waals surface area contributed by atoms with Crippen molar-refractivity contribution in [3.8, 4) is 0 Å². The molecule has 1 aliphatic rings. The first-order valence-corrected chi connectivity index (χ1v) is 5.80. The number of nitrogens with two attached hydrogens (primary N) is 1. The molecule has 3 N–H and O–H groups in total. The number of rotatable bonds is 3. The zero-order valence-electron chi connectivity index (χ0n) is 10.0. The van der Waals surface area contributed by atoms with Crippen LogP contribution in [0, 0.1) is 6.92 Å². The van der Waals surface area contributed by atoms with Crippen LogP contribution < -0.4 is 5.73 Å². The SMILES string of the molecule is Cc1cccc(CN2CCC(N)(C(=O)O)C2)c1. The van der Waals surface area contributed by atoms with E-state index in [1.165, 1.54) is 11.1 Å². The van der Waals surface area contributed by atoms with Crippen LogP contribution in [0.5, 0.6) is 0 Å². The van der Waals surface area contributed by atoms with Crippen molar-refractivity contribution in [3.05, 3.63) is 35.4 Å². The van der Waals surface area contributed by atoms with Crippen molar-refractivity contribution in [2.24, 2.45) is 5.73 Å². The molecule has 17 heavy (non-hydrogen) atoms. The van der Waals surface area contributed by atoms with Crippen LogP contribution in [0.4, 0.5) is 0 Å². The first kappa shape index (κ1) is 12.1. The Morgan fingerprint density at radius 3 is 2.94 bits per heavy atom. The summed E-state index contributed by atoms with van der Waals surface area (Å²) in [4.78, 5) is 13.1. The molecule has 1 aromatic carbocycles. The van der Waals surface area contributed by atoms with Crippen molar-refractivity contribution >= 4 is 5.97 Å². The fourth-order valence-corrected chi connectivity index (χ4v) is 2.29. The lowest BCUT2D eigenvalue weighted by atomic mass is 10.0. The van der Waals surface area contributed by atoms with Crippen molar-refractivity contribution in [2.45, 2.75) is 25.4 Å². The van der Waals surface area contributed by atoms with Crippen molar-refractivity contribution in [1.29, 1.82) is 0 Å².